The lowest BCUT2D eigenvalue weighted by Gasteiger charge is -2.22. The predicted octanol–water partition coefficient (Wildman–Crippen LogP) is 5.73. The highest BCUT2D eigenvalue weighted by atomic mass is 17.2. The van der Waals surface area contributed by atoms with Crippen molar-refractivity contribution in [2.75, 3.05) is 0 Å². The maximum atomic E-state index is 5.78. The molecule has 0 saturated heterocycles. The summed E-state index contributed by atoms with van der Waals surface area (Å²) in [6, 6.07) is 17.9. The van der Waals surface area contributed by atoms with Crippen LogP contribution in [0.3, 0.4) is 0 Å². The molecule has 0 atom stereocenters. The first kappa shape index (κ1) is 14.4. The lowest BCUT2D eigenvalue weighted by molar-refractivity contribution is -0.311. The zero-order chi connectivity index (χ0) is 17.5. The monoisotopic (exact) mass is 352 g/mol. The number of fused-ring (bicyclic) bond motifs is 2. The molecule has 0 aliphatic carbocycles. The van der Waals surface area contributed by atoms with Crippen molar-refractivity contribution < 1.29 is 14.5 Å². The molecule has 0 radical (unpaired) electrons. The average Bonchev–Trinajstić information content (AvgIpc) is 2.94. The predicted molar refractivity (Wildman–Crippen MR) is 106 cm³/mol. The molecule has 3 nitrogen and oxygen atoms in total. The van der Waals surface area contributed by atoms with Gasteiger partial charge in [-0.1, -0.05) is 48.5 Å². The van der Waals surface area contributed by atoms with Crippen LogP contribution in [-0.4, -0.2) is 0 Å². The van der Waals surface area contributed by atoms with E-state index < -0.39 is 0 Å². The zero-order valence-corrected chi connectivity index (χ0v) is 14.7. The second kappa shape index (κ2) is 4.96. The van der Waals surface area contributed by atoms with Gasteiger partial charge in [0.1, 0.15) is 13.2 Å². The van der Waals surface area contributed by atoms with E-state index >= 15 is 0 Å². The highest BCUT2D eigenvalue weighted by Crippen LogP contribution is 2.45. The second-order valence-electron chi connectivity index (χ2n) is 7.61. The smallest absolute Gasteiger partial charge is 0.108 e. The number of hydrogen-bond acceptors (Lipinski definition) is 3. The van der Waals surface area contributed by atoms with Gasteiger partial charge in [0.2, 0.25) is 0 Å². The normalized spacial score (nSPS) is 16.6. The highest BCUT2D eigenvalue weighted by Gasteiger charge is 2.22. The molecule has 0 fully saturated rings. The van der Waals surface area contributed by atoms with Crippen LogP contribution < -0.4 is 0 Å². The Kier molecular flexibility index (Phi) is 2.64. The van der Waals surface area contributed by atoms with Gasteiger partial charge < -0.3 is 4.74 Å². The van der Waals surface area contributed by atoms with Gasteiger partial charge in [-0.25, -0.2) is 9.78 Å². The van der Waals surface area contributed by atoms with Crippen LogP contribution in [0.4, 0.5) is 0 Å². The minimum absolute atomic E-state index is 0.491. The van der Waals surface area contributed by atoms with Crippen molar-refractivity contribution in [3.63, 3.8) is 0 Å². The molecule has 5 aromatic carbocycles. The summed E-state index contributed by atoms with van der Waals surface area (Å²) in [4.78, 5) is 10.7. The van der Waals surface area contributed by atoms with Crippen LogP contribution in [0, 0.1) is 0 Å². The Morgan fingerprint density at radius 2 is 0.778 bits per heavy atom. The van der Waals surface area contributed by atoms with Crippen molar-refractivity contribution >= 4 is 43.1 Å². The van der Waals surface area contributed by atoms with Gasteiger partial charge in [-0.15, -0.1) is 0 Å². The Morgan fingerprint density at radius 1 is 0.407 bits per heavy atom. The Morgan fingerprint density at radius 3 is 1.19 bits per heavy atom. The molecule has 0 spiro atoms. The first-order valence-corrected chi connectivity index (χ1v) is 9.38. The molecule has 2 heterocycles. The maximum absolute atomic E-state index is 5.78. The van der Waals surface area contributed by atoms with Crippen LogP contribution in [-0.2, 0) is 40.9 Å². The molecular weight excluding hydrogens is 336 g/mol. The van der Waals surface area contributed by atoms with E-state index in [4.69, 9.17) is 14.5 Å². The van der Waals surface area contributed by atoms with E-state index in [1.807, 2.05) is 0 Å². The number of ether oxygens (including phenoxy) is 1. The Bertz CT molecular complexity index is 1300. The average molecular weight is 352 g/mol. The standard InChI is InChI=1S/C24H16O3/c1-5-17-19-7-3-15-11-26-27-12-16-4-8-20(24(19)22(15)16)18-6-2-14-10-25-9-13(1)21(14)23(17)18/h1-8H,9-12H2. The fourth-order valence-electron chi connectivity index (χ4n) is 5.15. The topological polar surface area (TPSA) is 27.7 Å². The third kappa shape index (κ3) is 1.72. The minimum Gasteiger partial charge on any atom is -0.372 e. The summed E-state index contributed by atoms with van der Waals surface area (Å²) in [7, 11) is 0. The third-order valence-corrected chi connectivity index (χ3v) is 6.27. The molecule has 0 N–H and O–H groups in total. The fourth-order valence-corrected chi connectivity index (χ4v) is 5.15. The van der Waals surface area contributed by atoms with Gasteiger partial charge in [-0.2, -0.15) is 0 Å². The van der Waals surface area contributed by atoms with E-state index in [1.54, 1.807) is 0 Å². The van der Waals surface area contributed by atoms with E-state index in [1.165, 1.54) is 65.3 Å². The van der Waals surface area contributed by atoms with E-state index in [2.05, 4.69) is 48.5 Å². The molecule has 0 saturated carbocycles. The number of hydrogen-bond donors (Lipinski definition) is 0. The Hall–Kier alpha value is -2.72. The zero-order valence-electron chi connectivity index (χ0n) is 14.7. The summed E-state index contributed by atoms with van der Waals surface area (Å²) in [6.45, 7) is 2.37. The van der Waals surface area contributed by atoms with Gasteiger partial charge in [-0.3, -0.25) is 0 Å². The van der Waals surface area contributed by atoms with Crippen LogP contribution >= 0.6 is 0 Å². The second-order valence-corrected chi connectivity index (χ2v) is 7.61. The van der Waals surface area contributed by atoms with Crippen molar-refractivity contribution in [1.29, 1.82) is 0 Å². The molecule has 0 unspecified atom stereocenters. The van der Waals surface area contributed by atoms with Gasteiger partial charge in [0.25, 0.3) is 0 Å². The third-order valence-electron chi connectivity index (χ3n) is 6.27. The van der Waals surface area contributed by atoms with E-state index in [0.29, 0.717) is 26.4 Å². The van der Waals surface area contributed by atoms with Gasteiger partial charge in [0.05, 0.1) is 13.2 Å². The molecule has 2 aliphatic heterocycles. The molecule has 0 aromatic heterocycles. The van der Waals surface area contributed by atoms with Gasteiger partial charge in [0.15, 0.2) is 0 Å². The van der Waals surface area contributed by atoms with Crippen LogP contribution in [0.15, 0.2) is 48.5 Å². The summed E-state index contributed by atoms with van der Waals surface area (Å²) in [5.41, 5.74) is 4.99. The number of rotatable bonds is 0. The molecular formula is C24H16O3. The molecule has 27 heavy (non-hydrogen) atoms. The summed E-state index contributed by atoms with van der Waals surface area (Å²) in [5, 5.41) is 10.7. The minimum atomic E-state index is 0.491. The van der Waals surface area contributed by atoms with Crippen LogP contribution in [0.5, 0.6) is 0 Å². The molecule has 7 rings (SSSR count). The largest absolute Gasteiger partial charge is 0.372 e. The van der Waals surface area contributed by atoms with Crippen molar-refractivity contribution in [3.05, 3.63) is 70.8 Å². The summed E-state index contributed by atoms with van der Waals surface area (Å²) in [6.07, 6.45) is 0. The van der Waals surface area contributed by atoms with Crippen molar-refractivity contribution in [2.45, 2.75) is 26.4 Å². The van der Waals surface area contributed by atoms with Gasteiger partial charge >= 0.3 is 0 Å². The fraction of sp³-hybridized carbons (Fsp3) is 0.167. The van der Waals surface area contributed by atoms with Crippen molar-refractivity contribution in [3.8, 4) is 0 Å². The maximum Gasteiger partial charge on any atom is 0.108 e. The van der Waals surface area contributed by atoms with E-state index in [0.717, 1.165) is 0 Å². The first-order valence-electron chi connectivity index (χ1n) is 9.38. The van der Waals surface area contributed by atoms with Crippen LogP contribution in [0.1, 0.15) is 22.3 Å². The van der Waals surface area contributed by atoms with Crippen LogP contribution in [0.2, 0.25) is 0 Å². The quantitative estimate of drug-likeness (QED) is 0.202. The molecule has 0 bridgehead atoms. The summed E-state index contributed by atoms with van der Waals surface area (Å²) < 4.78 is 5.78. The number of benzene rings is 5. The molecule has 0 amide bonds. The summed E-state index contributed by atoms with van der Waals surface area (Å²) in [5.74, 6) is 0. The van der Waals surface area contributed by atoms with Gasteiger partial charge in [-0.05, 0) is 65.3 Å². The Labute approximate surface area is 155 Å². The Balaban J connectivity index is 1.81. The van der Waals surface area contributed by atoms with E-state index in [9.17, 15) is 0 Å². The SMILES string of the molecule is c1cc2c3ccc4c5c(ccc(c6ccc7c(c1COC7)c26)c53)COOC4. The molecule has 2 aliphatic rings. The molecule has 130 valence electrons. The van der Waals surface area contributed by atoms with Crippen molar-refractivity contribution in [2.24, 2.45) is 0 Å². The summed E-state index contributed by atoms with van der Waals surface area (Å²) >= 11 is 0. The lowest BCUT2D eigenvalue weighted by atomic mass is 9.84. The van der Waals surface area contributed by atoms with Crippen molar-refractivity contribution in [1.82, 2.24) is 0 Å². The van der Waals surface area contributed by atoms with E-state index in [-0.39, 0.29) is 0 Å². The first-order chi connectivity index (χ1) is 13.4. The van der Waals surface area contributed by atoms with Gasteiger partial charge in [0, 0.05) is 0 Å². The molecule has 3 heteroatoms. The molecule has 5 aromatic rings. The lowest BCUT2D eigenvalue weighted by Crippen LogP contribution is -2.05. The highest BCUT2D eigenvalue weighted by molar-refractivity contribution is 6.34. The van der Waals surface area contributed by atoms with Crippen LogP contribution in [0.25, 0.3) is 43.1 Å².